The van der Waals surface area contributed by atoms with Gasteiger partial charge >= 0.3 is 0 Å². The lowest BCUT2D eigenvalue weighted by molar-refractivity contribution is 0.0918. The molecule has 0 fully saturated rings. The number of carbonyl (C=O) groups is 1. The van der Waals surface area contributed by atoms with Gasteiger partial charge in [0, 0.05) is 5.92 Å². The highest BCUT2D eigenvalue weighted by atomic mass is 19.1. The van der Waals surface area contributed by atoms with Crippen LogP contribution in [-0.2, 0) is 0 Å². The number of carbonyl (C=O) groups excluding carboxylic acids is 1. The van der Waals surface area contributed by atoms with E-state index in [0.717, 1.165) is 12.1 Å². The van der Waals surface area contributed by atoms with Gasteiger partial charge in [-0.2, -0.15) is 0 Å². The van der Waals surface area contributed by atoms with Crippen molar-refractivity contribution in [3.05, 3.63) is 35.4 Å². The molecule has 0 bridgehead atoms. The largest absolute Gasteiger partial charge is 0.294 e. The van der Waals surface area contributed by atoms with E-state index in [0.29, 0.717) is 6.42 Å². The molecular weight excluding hydrogens is 186 g/mol. The van der Waals surface area contributed by atoms with Crippen molar-refractivity contribution in [2.24, 2.45) is 5.92 Å². The molecule has 1 aromatic rings. The Bertz CT molecular complexity index is 327. The molecule has 0 saturated heterocycles. The van der Waals surface area contributed by atoms with Crippen molar-refractivity contribution in [3.63, 3.8) is 0 Å². The molecule has 0 aromatic heterocycles. The molecule has 1 aromatic carbocycles. The lowest BCUT2D eigenvalue weighted by atomic mass is 9.96. The van der Waals surface area contributed by atoms with Crippen LogP contribution in [0.2, 0.25) is 0 Å². The van der Waals surface area contributed by atoms with Crippen LogP contribution in [0, 0.1) is 17.6 Å². The van der Waals surface area contributed by atoms with E-state index >= 15 is 0 Å². The number of halogens is 2. The van der Waals surface area contributed by atoms with Gasteiger partial charge < -0.3 is 0 Å². The van der Waals surface area contributed by atoms with Crippen LogP contribution in [0.5, 0.6) is 0 Å². The molecule has 0 aliphatic carbocycles. The van der Waals surface area contributed by atoms with E-state index < -0.39 is 23.0 Å². The summed E-state index contributed by atoms with van der Waals surface area (Å²) in [6, 6.07) is 3.44. The van der Waals surface area contributed by atoms with Gasteiger partial charge in [0.1, 0.15) is 11.6 Å². The molecule has 1 rings (SSSR count). The Morgan fingerprint density at radius 3 is 2.29 bits per heavy atom. The summed E-state index contributed by atoms with van der Waals surface area (Å²) in [5.41, 5.74) is -0.415. The Labute approximate surface area is 81.7 Å². The normalized spacial score (nSPS) is 12.6. The molecule has 0 radical (unpaired) electrons. The second-order valence-corrected chi connectivity index (χ2v) is 3.27. The maximum atomic E-state index is 13.1. The third kappa shape index (κ3) is 1.97. The van der Waals surface area contributed by atoms with Crippen molar-refractivity contribution in [1.82, 2.24) is 0 Å². The van der Waals surface area contributed by atoms with Crippen LogP contribution < -0.4 is 0 Å². The monoisotopic (exact) mass is 198 g/mol. The average molecular weight is 198 g/mol. The molecule has 3 heteroatoms. The van der Waals surface area contributed by atoms with Gasteiger partial charge in [0.2, 0.25) is 0 Å². The average Bonchev–Trinajstić information content (AvgIpc) is 2.16. The van der Waals surface area contributed by atoms with Crippen LogP contribution >= 0.6 is 0 Å². The predicted octanol–water partition coefficient (Wildman–Crippen LogP) is 3.19. The van der Waals surface area contributed by atoms with Crippen molar-refractivity contribution >= 4 is 5.78 Å². The Hall–Kier alpha value is -1.25. The zero-order valence-electron chi connectivity index (χ0n) is 8.18. The minimum atomic E-state index is -0.782. The molecule has 1 nitrogen and oxygen atoms in total. The van der Waals surface area contributed by atoms with Gasteiger partial charge in [-0.25, -0.2) is 8.78 Å². The lowest BCUT2D eigenvalue weighted by Crippen LogP contribution is -2.14. The van der Waals surface area contributed by atoms with Gasteiger partial charge in [-0.3, -0.25) is 4.79 Å². The number of hydrogen-bond acceptors (Lipinski definition) is 1. The fraction of sp³-hybridized carbons (Fsp3) is 0.364. The predicted molar refractivity (Wildman–Crippen MR) is 50.1 cm³/mol. The van der Waals surface area contributed by atoms with Gasteiger partial charge in [-0.15, -0.1) is 0 Å². The van der Waals surface area contributed by atoms with Crippen molar-refractivity contribution in [2.45, 2.75) is 20.3 Å². The molecule has 0 spiro atoms. The van der Waals surface area contributed by atoms with Gasteiger partial charge in [0.15, 0.2) is 5.78 Å². The highest BCUT2D eigenvalue weighted by Crippen LogP contribution is 2.18. The zero-order valence-corrected chi connectivity index (χ0v) is 8.18. The van der Waals surface area contributed by atoms with Crippen molar-refractivity contribution < 1.29 is 13.6 Å². The van der Waals surface area contributed by atoms with E-state index in [-0.39, 0.29) is 5.92 Å². The molecular formula is C11H12F2O. The first kappa shape index (κ1) is 10.8. The highest BCUT2D eigenvalue weighted by molar-refractivity contribution is 5.98. The quantitative estimate of drug-likeness (QED) is 0.681. The fourth-order valence-corrected chi connectivity index (χ4v) is 1.17. The van der Waals surface area contributed by atoms with Gasteiger partial charge in [-0.1, -0.05) is 19.9 Å². The number of benzene rings is 1. The zero-order chi connectivity index (χ0) is 10.7. The minimum Gasteiger partial charge on any atom is -0.294 e. The summed E-state index contributed by atoms with van der Waals surface area (Å²) >= 11 is 0. The van der Waals surface area contributed by atoms with Gasteiger partial charge in [0.05, 0.1) is 5.56 Å². The Morgan fingerprint density at radius 1 is 1.36 bits per heavy atom. The number of rotatable bonds is 3. The topological polar surface area (TPSA) is 17.1 Å². The standard InChI is InChI=1S/C11H12F2O/c1-3-7(2)11(14)10-8(12)5-4-6-9(10)13/h4-7H,3H2,1-2H3. The summed E-state index contributed by atoms with van der Waals surface area (Å²) < 4.78 is 26.3. The first-order valence-corrected chi connectivity index (χ1v) is 4.56. The van der Waals surface area contributed by atoms with Crippen LogP contribution in [-0.4, -0.2) is 5.78 Å². The first-order valence-electron chi connectivity index (χ1n) is 4.56. The third-order valence-electron chi connectivity index (χ3n) is 2.27. The van der Waals surface area contributed by atoms with Crippen molar-refractivity contribution in [3.8, 4) is 0 Å². The first-order chi connectivity index (χ1) is 6.57. The SMILES string of the molecule is CCC(C)C(=O)c1c(F)cccc1F. The Balaban J connectivity index is 3.12. The van der Waals surface area contributed by atoms with Crippen LogP contribution in [0.15, 0.2) is 18.2 Å². The minimum absolute atomic E-state index is 0.346. The summed E-state index contributed by atoms with van der Waals surface area (Å²) in [4.78, 5) is 11.5. The molecule has 14 heavy (non-hydrogen) atoms. The van der Waals surface area contributed by atoms with E-state index in [1.165, 1.54) is 6.07 Å². The third-order valence-corrected chi connectivity index (χ3v) is 2.27. The van der Waals surface area contributed by atoms with Crippen LogP contribution in [0.4, 0.5) is 8.78 Å². The van der Waals surface area contributed by atoms with E-state index in [1.54, 1.807) is 13.8 Å². The number of Topliss-reactive ketones (excluding diaryl/α,β-unsaturated/α-hetero) is 1. The second-order valence-electron chi connectivity index (χ2n) is 3.27. The summed E-state index contributed by atoms with van der Waals surface area (Å²) in [6.45, 7) is 3.47. The molecule has 76 valence electrons. The Morgan fingerprint density at radius 2 is 1.86 bits per heavy atom. The summed E-state index contributed by atoms with van der Waals surface area (Å²) in [5, 5.41) is 0. The summed E-state index contributed by atoms with van der Waals surface area (Å²) in [7, 11) is 0. The lowest BCUT2D eigenvalue weighted by Gasteiger charge is -2.08. The van der Waals surface area contributed by atoms with Crippen LogP contribution in [0.1, 0.15) is 30.6 Å². The fourth-order valence-electron chi connectivity index (χ4n) is 1.17. The Kier molecular flexibility index (Phi) is 3.33. The smallest absolute Gasteiger partial charge is 0.171 e. The number of hydrogen-bond donors (Lipinski definition) is 0. The molecule has 0 amide bonds. The maximum absolute atomic E-state index is 13.1. The van der Waals surface area contributed by atoms with E-state index in [1.807, 2.05) is 0 Å². The second kappa shape index (κ2) is 4.31. The van der Waals surface area contributed by atoms with E-state index in [4.69, 9.17) is 0 Å². The number of ketones is 1. The van der Waals surface area contributed by atoms with Gasteiger partial charge in [0.25, 0.3) is 0 Å². The van der Waals surface area contributed by atoms with Crippen molar-refractivity contribution in [1.29, 1.82) is 0 Å². The molecule has 1 unspecified atom stereocenters. The molecule has 0 heterocycles. The van der Waals surface area contributed by atoms with E-state index in [2.05, 4.69) is 0 Å². The highest BCUT2D eigenvalue weighted by Gasteiger charge is 2.20. The van der Waals surface area contributed by atoms with E-state index in [9.17, 15) is 13.6 Å². The molecule has 0 N–H and O–H groups in total. The van der Waals surface area contributed by atoms with Crippen molar-refractivity contribution in [2.75, 3.05) is 0 Å². The summed E-state index contributed by atoms with van der Waals surface area (Å²) in [5.74, 6) is -2.38. The maximum Gasteiger partial charge on any atom is 0.171 e. The molecule has 0 saturated carbocycles. The van der Waals surface area contributed by atoms with Crippen LogP contribution in [0.25, 0.3) is 0 Å². The molecule has 1 atom stereocenters. The molecule has 0 aliphatic heterocycles. The molecule has 0 aliphatic rings. The van der Waals surface area contributed by atoms with Crippen LogP contribution in [0.3, 0.4) is 0 Å². The summed E-state index contributed by atoms with van der Waals surface area (Å²) in [6.07, 6.45) is 0.576. The van der Waals surface area contributed by atoms with Gasteiger partial charge in [-0.05, 0) is 18.6 Å².